The molecule has 0 bridgehead atoms. The number of fused-ring (bicyclic) bond motifs is 1. The van der Waals surface area contributed by atoms with E-state index in [0.717, 1.165) is 16.7 Å². The number of halogens is 3. The van der Waals surface area contributed by atoms with Gasteiger partial charge in [-0.1, -0.05) is 34.8 Å². The van der Waals surface area contributed by atoms with Gasteiger partial charge in [0.15, 0.2) is 0 Å². The molecule has 1 atom stereocenters. The van der Waals surface area contributed by atoms with Gasteiger partial charge in [0.05, 0.1) is 11.6 Å². The Hall–Kier alpha value is -1.62. The van der Waals surface area contributed by atoms with Gasteiger partial charge in [0, 0.05) is 22.0 Å². The minimum atomic E-state index is -0.542. The van der Waals surface area contributed by atoms with Crippen LogP contribution in [-0.2, 0) is 11.2 Å². The zero-order valence-electron chi connectivity index (χ0n) is 15.2. The van der Waals surface area contributed by atoms with Crippen molar-refractivity contribution in [1.82, 2.24) is 5.32 Å². The topological polar surface area (TPSA) is 47.6 Å². The van der Waals surface area contributed by atoms with Crippen molar-refractivity contribution in [2.75, 3.05) is 6.54 Å². The summed E-state index contributed by atoms with van der Waals surface area (Å²) in [6.07, 6.45) is -0.0434. The summed E-state index contributed by atoms with van der Waals surface area (Å²) >= 11 is 18.6. The van der Waals surface area contributed by atoms with Crippen molar-refractivity contribution in [3.8, 4) is 16.9 Å². The van der Waals surface area contributed by atoms with Gasteiger partial charge < -0.3 is 14.8 Å². The molecular formula is C20H20Cl3NO3. The van der Waals surface area contributed by atoms with Gasteiger partial charge in [0.25, 0.3) is 0 Å². The standard InChI is InChI=1S/C20H20Cl3NO3/c1-20(2,3)27-19(25)24-10-16-7-13-4-11(8-17(23)18(13)26-16)12-5-14(21)9-15(22)6-12/h4-6,8-9,16H,7,10H2,1-3H3,(H,24,25). The van der Waals surface area contributed by atoms with Gasteiger partial charge in [-0.25, -0.2) is 4.79 Å². The van der Waals surface area contributed by atoms with E-state index in [1.165, 1.54) is 0 Å². The van der Waals surface area contributed by atoms with Crippen LogP contribution in [0.25, 0.3) is 11.1 Å². The third kappa shape index (κ3) is 5.22. The van der Waals surface area contributed by atoms with Gasteiger partial charge in [-0.2, -0.15) is 0 Å². The Kier molecular flexibility index (Phi) is 5.80. The van der Waals surface area contributed by atoms with Crippen molar-refractivity contribution in [3.05, 3.63) is 51.0 Å². The molecule has 3 rings (SSSR count). The third-order valence-corrected chi connectivity index (χ3v) is 4.64. The molecular weight excluding hydrogens is 409 g/mol. The Labute approximate surface area is 173 Å². The van der Waals surface area contributed by atoms with Crippen LogP contribution in [0, 0.1) is 0 Å². The molecule has 0 saturated heterocycles. The van der Waals surface area contributed by atoms with Crippen molar-refractivity contribution in [2.45, 2.75) is 38.9 Å². The van der Waals surface area contributed by atoms with Crippen LogP contribution in [0.5, 0.6) is 5.75 Å². The van der Waals surface area contributed by atoms with E-state index in [-0.39, 0.29) is 6.10 Å². The lowest BCUT2D eigenvalue weighted by atomic mass is 10.0. The molecule has 1 aliphatic heterocycles. The number of hydrogen-bond acceptors (Lipinski definition) is 3. The second kappa shape index (κ2) is 7.78. The number of hydrogen-bond donors (Lipinski definition) is 1. The highest BCUT2D eigenvalue weighted by atomic mass is 35.5. The number of benzene rings is 2. The minimum Gasteiger partial charge on any atom is -0.486 e. The van der Waals surface area contributed by atoms with Crippen LogP contribution in [0.2, 0.25) is 15.1 Å². The van der Waals surface area contributed by atoms with Crippen LogP contribution in [0.4, 0.5) is 4.79 Å². The molecule has 144 valence electrons. The normalized spacial score (nSPS) is 15.9. The molecule has 0 radical (unpaired) electrons. The number of ether oxygens (including phenoxy) is 2. The second-order valence-corrected chi connectivity index (χ2v) is 8.71. The molecule has 0 fully saturated rings. The fraction of sp³-hybridized carbons (Fsp3) is 0.350. The van der Waals surface area contributed by atoms with Gasteiger partial charge in [-0.3, -0.25) is 0 Å². The smallest absolute Gasteiger partial charge is 0.407 e. The predicted molar refractivity (Wildman–Crippen MR) is 109 cm³/mol. The first-order valence-corrected chi connectivity index (χ1v) is 9.66. The molecule has 1 amide bonds. The van der Waals surface area contributed by atoms with Gasteiger partial charge in [0.1, 0.15) is 17.5 Å². The largest absolute Gasteiger partial charge is 0.486 e. The van der Waals surface area contributed by atoms with Crippen LogP contribution in [0.15, 0.2) is 30.3 Å². The highest BCUT2D eigenvalue weighted by Crippen LogP contribution is 2.40. The number of nitrogens with one attached hydrogen (secondary N) is 1. The summed E-state index contributed by atoms with van der Waals surface area (Å²) in [6, 6.07) is 9.19. The molecule has 1 aliphatic rings. The zero-order chi connectivity index (χ0) is 19.8. The van der Waals surface area contributed by atoms with Crippen molar-refractivity contribution >= 4 is 40.9 Å². The Bertz CT molecular complexity index is 857. The van der Waals surface area contributed by atoms with E-state index in [0.29, 0.717) is 33.8 Å². The van der Waals surface area contributed by atoms with Gasteiger partial charge in [-0.15, -0.1) is 0 Å². The zero-order valence-corrected chi connectivity index (χ0v) is 17.5. The molecule has 1 unspecified atom stereocenters. The summed E-state index contributed by atoms with van der Waals surface area (Å²) in [6.45, 7) is 5.78. The quantitative estimate of drug-likeness (QED) is 0.638. The summed E-state index contributed by atoms with van der Waals surface area (Å²) < 4.78 is 11.1. The highest BCUT2D eigenvalue weighted by Gasteiger charge is 2.27. The van der Waals surface area contributed by atoms with Crippen LogP contribution in [0.3, 0.4) is 0 Å². The molecule has 0 saturated carbocycles. The van der Waals surface area contributed by atoms with Crippen LogP contribution < -0.4 is 10.1 Å². The lowest BCUT2D eigenvalue weighted by Gasteiger charge is -2.20. The Morgan fingerprint density at radius 3 is 2.37 bits per heavy atom. The molecule has 4 nitrogen and oxygen atoms in total. The fourth-order valence-electron chi connectivity index (χ4n) is 2.90. The number of rotatable bonds is 3. The number of alkyl carbamates (subject to hydrolysis) is 1. The van der Waals surface area contributed by atoms with Crippen LogP contribution in [0.1, 0.15) is 26.3 Å². The molecule has 1 N–H and O–H groups in total. The Balaban J connectivity index is 1.72. The van der Waals surface area contributed by atoms with E-state index in [4.69, 9.17) is 44.3 Å². The number of carbonyl (C=O) groups is 1. The summed E-state index contributed by atoms with van der Waals surface area (Å²) in [5.74, 6) is 0.643. The summed E-state index contributed by atoms with van der Waals surface area (Å²) in [7, 11) is 0. The SMILES string of the molecule is CC(C)(C)OC(=O)NCC1Cc2cc(-c3cc(Cl)cc(Cl)c3)cc(Cl)c2O1. The third-order valence-electron chi connectivity index (χ3n) is 3.92. The van der Waals surface area contributed by atoms with E-state index in [1.54, 1.807) is 6.07 Å². The maximum atomic E-state index is 11.8. The molecule has 7 heteroatoms. The molecule has 2 aromatic carbocycles. The monoisotopic (exact) mass is 427 g/mol. The van der Waals surface area contributed by atoms with E-state index < -0.39 is 11.7 Å². The van der Waals surface area contributed by atoms with E-state index in [1.807, 2.05) is 45.0 Å². The predicted octanol–water partition coefficient (Wildman–Crippen LogP) is 6.14. The van der Waals surface area contributed by atoms with Gasteiger partial charge in [-0.05, 0) is 62.2 Å². The van der Waals surface area contributed by atoms with Crippen molar-refractivity contribution in [1.29, 1.82) is 0 Å². The Morgan fingerprint density at radius 1 is 1.11 bits per heavy atom. The lowest BCUT2D eigenvalue weighted by molar-refractivity contribution is 0.0506. The fourth-order valence-corrected chi connectivity index (χ4v) is 3.71. The minimum absolute atomic E-state index is 0.205. The van der Waals surface area contributed by atoms with Crippen LogP contribution >= 0.6 is 34.8 Å². The van der Waals surface area contributed by atoms with Gasteiger partial charge >= 0.3 is 6.09 Å². The number of amides is 1. The number of carbonyl (C=O) groups excluding carboxylic acids is 1. The lowest BCUT2D eigenvalue weighted by Crippen LogP contribution is -2.38. The first-order chi connectivity index (χ1) is 12.6. The van der Waals surface area contributed by atoms with Crippen molar-refractivity contribution in [2.24, 2.45) is 0 Å². The highest BCUT2D eigenvalue weighted by molar-refractivity contribution is 6.35. The van der Waals surface area contributed by atoms with Crippen molar-refractivity contribution in [3.63, 3.8) is 0 Å². The molecule has 0 spiro atoms. The average molecular weight is 429 g/mol. The molecule has 27 heavy (non-hydrogen) atoms. The summed E-state index contributed by atoms with van der Waals surface area (Å²) in [4.78, 5) is 11.8. The Morgan fingerprint density at radius 2 is 1.74 bits per heavy atom. The summed E-state index contributed by atoms with van der Waals surface area (Å²) in [5.41, 5.74) is 2.23. The molecule has 2 aromatic rings. The van der Waals surface area contributed by atoms with Crippen molar-refractivity contribution < 1.29 is 14.3 Å². The summed E-state index contributed by atoms with van der Waals surface area (Å²) in [5, 5.41) is 4.36. The van der Waals surface area contributed by atoms with E-state index >= 15 is 0 Å². The molecule has 1 heterocycles. The second-order valence-electron chi connectivity index (χ2n) is 7.43. The first kappa shape index (κ1) is 20.1. The maximum absolute atomic E-state index is 11.8. The first-order valence-electron chi connectivity index (χ1n) is 8.53. The van der Waals surface area contributed by atoms with E-state index in [2.05, 4.69) is 5.32 Å². The molecule has 0 aromatic heterocycles. The van der Waals surface area contributed by atoms with E-state index in [9.17, 15) is 4.79 Å². The van der Waals surface area contributed by atoms with Gasteiger partial charge in [0.2, 0.25) is 0 Å². The van der Waals surface area contributed by atoms with Crippen LogP contribution in [-0.4, -0.2) is 24.3 Å². The average Bonchev–Trinajstić information content (AvgIpc) is 2.94. The maximum Gasteiger partial charge on any atom is 0.407 e. The molecule has 0 aliphatic carbocycles.